The molecule has 0 amide bonds. The molecule has 0 spiro atoms. The van der Waals surface area contributed by atoms with Crippen LogP contribution in [0, 0.1) is 11.8 Å². The highest BCUT2D eigenvalue weighted by atomic mass is 16.7. The Morgan fingerprint density at radius 3 is 2.08 bits per heavy atom. The molecule has 76 valence electrons. The maximum absolute atomic E-state index is 10.9. The van der Waals surface area contributed by atoms with Gasteiger partial charge in [0.25, 0.3) is 0 Å². The Labute approximate surface area is 78.2 Å². The minimum absolute atomic E-state index is 0.238. The maximum Gasteiger partial charge on any atom is 0.516 e. The van der Waals surface area contributed by atoms with Gasteiger partial charge in [-0.3, -0.25) is 4.79 Å². The monoisotopic (exact) mass is 188 g/mol. The van der Waals surface area contributed by atoms with Crippen molar-refractivity contribution in [2.24, 2.45) is 11.8 Å². The standard InChI is InChI=1S/C9H16O4/c1-6(2)5-12-9(11)13-8(10)7(3)4/h6-7H,5H2,1-4H3. The molecule has 0 atom stereocenters. The van der Waals surface area contributed by atoms with Gasteiger partial charge in [0.1, 0.15) is 0 Å². The molecule has 0 aromatic heterocycles. The highest BCUT2D eigenvalue weighted by Crippen LogP contribution is 1.99. The van der Waals surface area contributed by atoms with E-state index in [0.29, 0.717) is 0 Å². The molecule has 0 saturated carbocycles. The molecule has 4 nitrogen and oxygen atoms in total. The predicted octanol–water partition coefficient (Wildman–Crippen LogP) is 1.98. The average molecular weight is 188 g/mol. The zero-order chi connectivity index (χ0) is 10.4. The largest absolute Gasteiger partial charge is 0.516 e. The Morgan fingerprint density at radius 2 is 1.69 bits per heavy atom. The molecular formula is C9H16O4. The summed E-state index contributed by atoms with van der Waals surface area (Å²) in [4.78, 5) is 21.7. The molecule has 13 heavy (non-hydrogen) atoms. The Kier molecular flexibility index (Phi) is 5.11. The van der Waals surface area contributed by atoms with Crippen LogP contribution in [0.1, 0.15) is 27.7 Å². The van der Waals surface area contributed by atoms with Crippen LogP contribution in [-0.2, 0) is 14.3 Å². The number of rotatable bonds is 3. The SMILES string of the molecule is CC(C)COC(=O)OC(=O)C(C)C. The van der Waals surface area contributed by atoms with Gasteiger partial charge in [0.15, 0.2) is 0 Å². The normalized spacial score (nSPS) is 10.3. The summed E-state index contributed by atoms with van der Waals surface area (Å²) in [5.74, 6) is -0.637. The van der Waals surface area contributed by atoms with Crippen LogP contribution >= 0.6 is 0 Å². The highest BCUT2D eigenvalue weighted by Gasteiger charge is 2.15. The third-order valence-electron chi connectivity index (χ3n) is 1.19. The fraction of sp³-hybridized carbons (Fsp3) is 0.778. The van der Waals surface area contributed by atoms with Gasteiger partial charge < -0.3 is 9.47 Å². The van der Waals surface area contributed by atoms with Crippen LogP contribution in [0.5, 0.6) is 0 Å². The Morgan fingerprint density at radius 1 is 1.15 bits per heavy atom. The lowest BCUT2D eigenvalue weighted by Gasteiger charge is -2.07. The van der Waals surface area contributed by atoms with Crippen LogP contribution in [0.15, 0.2) is 0 Å². The quantitative estimate of drug-likeness (QED) is 0.502. The van der Waals surface area contributed by atoms with E-state index in [-0.39, 0.29) is 18.4 Å². The van der Waals surface area contributed by atoms with Crippen molar-refractivity contribution in [3.05, 3.63) is 0 Å². The minimum Gasteiger partial charge on any atom is -0.434 e. The van der Waals surface area contributed by atoms with E-state index < -0.39 is 12.1 Å². The van der Waals surface area contributed by atoms with E-state index in [1.165, 1.54) is 0 Å². The third-order valence-corrected chi connectivity index (χ3v) is 1.19. The summed E-state index contributed by atoms with van der Waals surface area (Å²) < 4.78 is 9.00. The van der Waals surface area contributed by atoms with Crippen LogP contribution < -0.4 is 0 Å². The van der Waals surface area contributed by atoms with Gasteiger partial charge in [-0.25, -0.2) is 4.79 Å². The number of hydrogen-bond acceptors (Lipinski definition) is 4. The molecule has 0 aliphatic heterocycles. The van der Waals surface area contributed by atoms with E-state index >= 15 is 0 Å². The fourth-order valence-electron chi connectivity index (χ4n) is 0.464. The van der Waals surface area contributed by atoms with Crippen LogP contribution in [0.4, 0.5) is 4.79 Å². The molecule has 0 fully saturated rings. The number of esters is 1. The first-order chi connectivity index (χ1) is 5.93. The van der Waals surface area contributed by atoms with Crippen molar-refractivity contribution in [3.8, 4) is 0 Å². The number of carbonyl (C=O) groups is 2. The van der Waals surface area contributed by atoms with Gasteiger partial charge >= 0.3 is 12.1 Å². The lowest BCUT2D eigenvalue weighted by molar-refractivity contribution is -0.143. The van der Waals surface area contributed by atoms with E-state index in [2.05, 4.69) is 9.47 Å². The van der Waals surface area contributed by atoms with E-state index in [0.717, 1.165) is 0 Å². The molecule has 0 aliphatic carbocycles. The van der Waals surface area contributed by atoms with Gasteiger partial charge in [-0.05, 0) is 5.92 Å². The van der Waals surface area contributed by atoms with Crippen LogP contribution in [-0.4, -0.2) is 18.7 Å². The summed E-state index contributed by atoms with van der Waals surface area (Å²) in [6.45, 7) is 7.37. The molecule has 0 aliphatic rings. The zero-order valence-electron chi connectivity index (χ0n) is 8.49. The van der Waals surface area contributed by atoms with E-state index in [1.807, 2.05) is 13.8 Å². The Bertz CT molecular complexity index is 184. The minimum atomic E-state index is -0.910. The molecule has 0 aromatic rings. The van der Waals surface area contributed by atoms with Crippen LogP contribution in [0.2, 0.25) is 0 Å². The zero-order valence-corrected chi connectivity index (χ0v) is 8.49. The predicted molar refractivity (Wildman–Crippen MR) is 47.1 cm³/mol. The first kappa shape index (κ1) is 11.9. The number of hydrogen-bond donors (Lipinski definition) is 0. The summed E-state index contributed by atoms with van der Waals surface area (Å²) in [5, 5.41) is 0. The number of carbonyl (C=O) groups excluding carboxylic acids is 2. The molecule has 0 bridgehead atoms. The fourth-order valence-corrected chi connectivity index (χ4v) is 0.464. The van der Waals surface area contributed by atoms with Gasteiger partial charge in [-0.15, -0.1) is 0 Å². The summed E-state index contributed by atoms with van der Waals surface area (Å²) in [5.41, 5.74) is 0. The molecule has 0 aromatic carbocycles. The first-order valence-electron chi connectivity index (χ1n) is 4.32. The van der Waals surface area contributed by atoms with Gasteiger partial charge in [-0.2, -0.15) is 0 Å². The Balaban J connectivity index is 3.69. The summed E-state index contributed by atoms with van der Waals surface area (Å²) in [6, 6.07) is 0. The first-order valence-corrected chi connectivity index (χ1v) is 4.32. The summed E-state index contributed by atoms with van der Waals surface area (Å²) >= 11 is 0. The van der Waals surface area contributed by atoms with Crippen LogP contribution in [0.3, 0.4) is 0 Å². The molecule has 0 saturated heterocycles. The van der Waals surface area contributed by atoms with Crippen molar-refractivity contribution in [1.29, 1.82) is 0 Å². The highest BCUT2D eigenvalue weighted by molar-refractivity contribution is 5.82. The average Bonchev–Trinajstić information content (AvgIpc) is 2.00. The van der Waals surface area contributed by atoms with Gasteiger partial charge in [-0.1, -0.05) is 27.7 Å². The Hall–Kier alpha value is -1.06. The molecule has 0 heterocycles. The van der Waals surface area contributed by atoms with Crippen molar-refractivity contribution in [1.82, 2.24) is 0 Å². The van der Waals surface area contributed by atoms with Crippen molar-refractivity contribution < 1.29 is 19.1 Å². The molecule has 0 unspecified atom stereocenters. The van der Waals surface area contributed by atoms with Crippen molar-refractivity contribution in [3.63, 3.8) is 0 Å². The van der Waals surface area contributed by atoms with Crippen molar-refractivity contribution >= 4 is 12.1 Å². The second-order valence-corrected chi connectivity index (χ2v) is 3.53. The molecule has 0 N–H and O–H groups in total. The van der Waals surface area contributed by atoms with Crippen molar-refractivity contribution in [2.45, 2.75) is 27.7 Å². The second kappa shape index (κ2) is 5.56. The molecule has 4 heteroatoms. The van der Waals surface area contributed by atoms with E-state index in [9.17, 15) is 9.59 Å². The lowest BCUT2D eigenvalue weighted by atomic mass is 10.2. The topological polar surface area (TPSA) is 52.6 Å². The van der Waals surface area contributed by atoms with Gasteiger partial charge in [0.2, 0.25) is 0 Å². The van der Waals surface area contributed by atoms with Gasteiger partial charge in [0.05, 0.1) is 12.5 Å². The van der Waals surface area contributed by atoms with Gasteiger partial charge in [0, 0.05) is 0 Å². The molecule has 0 radical (unpaired) electrons. The molecule has 0 rings (SSSR count). The molecular weight excluding hydrogens is 172 g/mol. The smallest absolute Gasteiger partial charge is 0.434 e. The lowest BCUT2D eigenvalue weighted by Crippen LogP contribution is -2.19. The third kappa shape index (κ3) is 6.13. The maximum atomic E-state index is 10.9. The van der Waals surface area contributed by atoms with Crippen LogP contribution in [0.25, 0.3) is 0 Å². The number of ether oxygens (including phenoxy) is 2. The van der Waals surface area contributed by atoms with E-state index in [4.69, 9.17) is 0 Å². The summed E-state index contributed by atoms with van der Waals surface area (Å²) in [7, 11) is 0. The van der Waals surface area contributed by atoms with E-state index in [1.54, 1.807) is 13.8 Å². The van der Waals surface area contributed by atoms with Crippen molar-refractivity contribution in [2.75, 3.05) is 6.61 Å². The summed E-state index contributed by atoms with van der Waals surface area (Å²) in [6.07, 6.45) is -0.910. The second-order valence-electron chi connectivity index (χ2n) is 3.53.